The van der Waals surface area contributed by atoms with E-state index in [-0.39, 0.29) is 5.41 Å². The first kappa shape index (κ1) is 33.0. The van der Waals surface area contributed by atoms with Crippen molar-refractivity contribution in [3.05, 3.63) is 119 Å². The van der Waals surface area contributed by atoms with Crippen LogP contribution in [-0.2, 0) is 5.41 Å². The predicted octanol–water partition coefficient (Wildman–Crippen LogP) is 13.7. The summed E-state index contributed by atoms with van der Waals surface area (Å²) in [5.74, 6) is 10.3. The maximum atomic E-state index is 6.01. The van der Waals surface area contributed by atoms with Crippen molar-refractivity contribution in [2.45, 2.75) is 109 Å². The van der Waals surface area contributed by atoms with E-state index in [1.807, 2.05) is 0 Å². The summed E-state index contributed by atoms with van der Waals surface area (Å²) in [5.41, 5.74) is 8.86. The lowest BCUT2D eigenvalue weighted by molar-refractivity contribution is 0.397. The van der Waals surface area contributed by atoms with Gasteiger partial charge in [-0.05, 0) is 97.7 Å². The fourth-order valence-corrected chi connectivity index (χ4v) is 8.72. The van der Waals surface area contributed by atoms with Gasteiger partial charge in [0, 0.05) is 22.1 Å². The van der Waals surface area contributed by atoms with Crippen molar-refractivity contribution in [1.82, 2.24) is 0 Å². The molecule has 0 saturated carbocycles. The molecular weight excluding hydrogens is 589 g/mol. The van der Waals surface area contributed by atoms with E-state index in [9.17, 15) is 0 Å². The summed E-state index contributed by atoms with van der Waals surface area (Å²) in [7, 11) is 0. The zero-order valence-corrected chi connectivity index (χ0v) is 29.6. The second kappa shape index (κ2) is 14.9. The van der Waals surface area contributed by atoms with Crippen LogP contribution < -0.4 is 0 Å². The van der Waals surface area contributed by atoms with Crippen LogP contribution in [0.25, 0.3) is 43.4 Å². The first-order chi connectivity index (χ1) is 24.2. The maximum Gasteiger partial charge on any atom is 0.0328 e. The number of hydrogen-bond acceptors (Lipinski definition) is 0. The van der Waals surface area contributed by atoms with Gasteiger partial charge in [-0.25, -0.2) is 0 Å². The molecule has 0 aliphatic heterocycles. The van der Waals surface area contributed by atoms with Gasteiger partial charge in [0.1, 0.15) is 0 Å². The molecule has 0 fully saturated rings. The SMILES string of the molecule is C#Cc1ccc2c(c1)C(CCCCCCCC)(CCCCCCCC)c1cc(C#Cc3ccc4ccc5cccc6ccc3c4c56)ccc1-2. The molecule has 0 heteroatoms. The first-order valence-corrected chi connectivity index (χ1v) is 19.1. The highest BCUT2D eigenvalue weighted by Gasteiger charge is 2.42. The molecule has 0 aromatic heterocycles. The second-order valence-corrected chi connectivity index (χ2v) is 14.5. The molecule has 0 radical (unpaired) electrons. The molecule has 0 amide bonds. The third kappa shape index (κ3) is 6.48. The third-order valence-electron chi connectivity index (χ3n) is 11.3. The van der Waals surface area contributed by atoms with Gasteiger partial charge >= 0.3 is 0 Å². The minimum absolute atomic E-state index is 0.0161. The quantitative estimate of drug-likeness (QED) is 0.0633. The van der Waals surface area contributed by atoms with E-state index in [2.05, 4.69) is 123 Å². The minimum atomic E-state index is -0.0161. The highest BCUT2D eigenvalue weighted by atomic mass is 14.4. The van der Waals surface area contributed by atoms with Crippen molar-refractivity contribution in [3.8, 4) is 35.3 Å². The van der Waals surface area contributed by atoms with Crippen LogP contribution in [0.15, 0.2) is 91.0 Å². The van der Waals surface area contributed by atoms with Crippen molar-refractivity contribution in [2.75, 3.05) is 0 Å². The average Bonchev–Trinajstić information content (AvgIpc) is 3.40. The van der Waals surface area contributed by atoms with Crippen molar-refractivity contribution in [3.63, 3.8) is 0 Å². The molecule has 0 spiro atoms. The van der Waals surface area contributed by atoms with E-state index >= 15 is 0 Å². The van der Waals surface area contributed by atoms with Crippen LogP contribution in [0.2, 0.25) is 0 Å². The van der Waals surface area contributed by atoms with Gasteiger partial charge in [-0.3, -0.25) is 0 Å². The fraction of sp³-hybridized carbons (Fsp3) is 0.347. The summed E-state index contributed by atoms with van der Waals surface area (Å²) in [6.45, 7) is 4.60. The van der Waals surface area contributed by atoms with Crippen molar-refractivity contribution >= 4 is 32.3 Å². The number of terminal acetylenes is 1. The average molecular weight is 639 g/mol. The Kier molecular flexibility index (Phi) is 10.1. The van der Waals surface area contributed by atoms with Crippen LogP contribution >= 0.6 is 0 Å². The molecule has 49 heavy (non-hydrogen) atoms. The summed E-state index contributed by atoms with van der Waals surface area (Å²) in [5, 5.41) is 7.77. The van der Waals surface area contributed by atoms with Crippen molar-refractivity contribution < 1.29 is 0 Å². The zero-order chi connectivity index (χ0) is 33.6. The Morgan fingerprint density at radius 1 is 0.510 bits per heavy atom. The summed E-state index contributed by atoms with van der Waals surface area (Å²) in [6, 6.07) is 33.9. The highest BCUT2D eigenvalue weighted by molar-refractivity contribution is 6.23. The number of benzene rings is 6. The molecule has 6 aromatic carbocycles. The number of rotatable bonds is 14. The van der Waals surface area contributed by atoms with Crippen LogP contribution in [-0.4, -0.2) is 0 Å². The van der Waals surface area contributed by atoms with Crippen molar-refractivity contribution in [1.29, 1.82) is 0 Å². The Balaban J connectivity index is 1.27. The smallest absolute Gasteiger partial charge is 0.0328 e. The van der Waals surface area contributed by atoms with Crippen LogP contribution in [0.1, 0.15) is 132 Å². The van der Waals surface area contributed by atoms with Gasteiger partial charge in [-0.15, -0.1) is 6.42 Å². The van der Waals surface area contributed by atoms with Gasteiger partial charge in [-0.2, -0.15) is 0 Å². The number of unbranched alkanes of at least 4 members (excludes halogenated alkanes) is 10. The fourth-order valence-electron chi connectivity index (χ4n) is 8.72. The molecule has 6 aromatic rings. The van der Waals surface area contributed by atoms with Crippen LogP contribution in [0, 0.1) is 24.2 Å². The molecule has 0 N–H and O–H groups in total. The molecule has 0 unspecified atom stereocenters. The highest BCUT2D eigenvalue weighted by Crippen LogP contribution is 2.54. The van der Waals surface area contributed by atoms with Gasteiger partial charge in [0.05, 0.1) is 0 Å². The molecule has 7 rings (SSSR count). The standard InChI is InChI=1S/C49H50/c1-4-7-9-11-13-15-32-49(33-16-14-12-10-8-5-2)45-34-36(6-3)21-29-43(45)44-30-22-37(35-46(44)49)20-23-38-24-25-41-27-26-39-18-17-19-40-28-31-42(38)48(41)47(39)40/h3,17-19,21-22,24-31,34-35H,4-5,7-16,32-33H2,1-2H3. The minimum Gasteiger partial charge on any atom is -0.115 e. The molecule has 0 saturated heterocycles. The molecular formula is C49H50. The zero-order valence-electron chi connectivity index (χ0n) is 29.6. The van der Waals surface area contributed by atoms with Crippen molar-refractivity contribution in [2.24, 2.45) is 0 Å². The van der Waals surface area contributed by atoms with Crippen LogP contribution in [0.3, 0.4) is 0 Å². The van der Waals surface area contributed by atoms with Crippen LogP contribution in [0.4, 0.5) is 0 Å². The largest absolute Gasteiger partial charge is 0.115 e. The molecule has 1 aliphatic rings. The lowest BCUT2D eigenvalue weighted by Gasteiger charge is -2.33. The van der Waals surface area contributed by atoms with E-state index < -0.39 is 0 Å². The normalized spacial score (nSPS) is 13.0. The van der Waals surface area contributed by atoms with Crippen LogP contribution in [0.5, 0.6) is 0 Å². The Hall–Kier alpha value is -4.52. The monoisotopic (exact) mass is 638 g/mol. The molecule has 246 valence electrons. The molecule has 0 bridgehead atoms. The summed E-state index contributed by atoms with van der Waals surface area (Å²) in [6.07, 6.45) is 24.1. The lowest BCUT2D eigenvalue weighted by atomic mass is 9.70. The van der Waals surface area contributed by atoms with Gasteiger partial charge in [-0.1, -0.05) is 169 Å². The van der Waals surface area contributed by atoms with E-state index in [0.717, 1.165) is 16.7 Å². The predicted molar refractivity (Wildman–Crippen MR) is 213 cm³/mol. The summed E-state index contributed by atoms with van der Waals surface area (Å²) >= 11 is 0. The summed E-state index contributed by atoms with van der Waals surface area (Å²) < 4.78 is 0. The Morgan fingerprint density at radius 3 is 1.67 bits per heavy atom. The van der Waals surface area contributed by atoms with Gasteiger partial charge in [0.2, 0.25) is 0 Å². The molecule has 0 atom stereocenters. The maximum absolute atomic E-state index is 6.01. The number of hydrogen-bond donors (Lipinski definition) is 0. The van der Waals surface area contributed by atoms with Gasteiger partial charge < -0.3 is 0 Å². The Morgan fingerprint density at radius 2 is 1.04 bits per heavy atom. The molecule has 1 aliphatic carbocycles. The molecule has 0 heterocycles. The van der Waals surface area contributed by atoms with E-state index in [4.69, 9.17) is 6.42 Å². The second-order valence-electron chi connectivity index (χ2n) is 14.5. The third-order valence-corrected chi connectivity index (χ3v) is 11.3. The Labute approximate surface area is 294 Å². The van der Waals surface area contributed by atoms with E-state index in [1.54, 1.807) is 0 Å². The van der Waals surface area contributed by atoms with Gasteiger partial charge in [0.15, 0.2) is 0 Å². The lowest BCUT2D eigenvalue weighted by Crippen LogP contribution is -2.26. The summed E-state index contributed by atoms with van der Waals surface area (Å²) in [4.78, 5) is 0. The van der Waals surface area contributed by atoms with E-state index in [0.29, 0.717) is 0 Å². The van der Waals surface area contributed by atoms with Gasteiger partial charge in [0.25, 0.3) is 0 Å². The van der Waals surface area contributed by atoms with E-state index in [1.165, 1.54) is 144 Å². The number of fused-ring (bicyclic) bond motifs is 3. The molecule has 0 nitrogen and oxygen atoms in total. The Bertz CT molecular complexity index is 2140. The first-order valence-electron chi connectivity index (χ1n) is 19.1. The topological polar surface area (TPSA) is 0 Å².